The molecule has 236 valence electrons. The number of hydrogen-bond donors (Lipinski definition) is 0. The molecule has 4 heteroatoms. The lowest BCUT2D eigenvalue weighted by Gasteiger charge is -2.18. The van der Waals surface area contributed by atoms with Crippen molar-refractivity contribution < 1.29 is 19.4 Å². The van der Waals surface area contributed by atoms with Crippen molar-refractivity contribution in [3.05, 3.63) is 12.2 Å². The van der Waals surface area contributed by atoms with Gasteiger partial charge in [-0.05, 0) is 70.6 Å². The SMILES string of the molecule is CCCCCCCC/C=C\CCCCCCCC(=O)OC(CCCCC)CCCCCCCCCCCC(=O)[O-]. The van der Waals surface area contributed by atoms with Crippen LogP contribution in [0.3, 0.4) is 0 Å². The third-order valence-corrected chi connectivity index (χ3v) is 7.98. The highest BCUT2D eigenvalue weighted by atomic mass is 16.5. The molecule has 0 spiro atoms. The summed E-state index contributed by atoms with van der Waals surface area (Å²) in [6.07, 6.45) is 37.8. The Bertz CT molecular complexity index is 571. The number of carboxylic acids is 1. The minimum atomic E-state index is -0.929. The zero-order valence-corrected chi connectivity index (χ0v) is 26.9. The zero-order valence-electron chi connectivity index (χ0n) is 26.9. The van der Waals surface area contributed by atoms with Gasteiger partial charge in [-0.2, -0.15) is 0 Å². The average Bonchev–Trinajstić information content (AvgIpc) is 2.93. The van der Waals surface area contributed by atoms with Crippen LogP contribution in [-0.4, -0.2) is 18.0 Å². The van der Waals surface area contributed by atoms with Gasteiger partial charge in [-0.3, -0.25) is 4.79 Å². The second-order valence-corrected chi connectivity index (χ2v) is 12.0. The molecule has 0 aromatic rings. The fourth-order valence-corrected chi connectivity index (χ4v) is 5.35. The Kier molecular flexibility index (Phi) is 31.1. The van der Waals surface area contributed by atoms with Crippen molar-refractivity contribution in [2.75, 3.05) is 0 Å². The Morgan fingerprint density at radius 2 is 0.900 bits per heavy atom. The van der Waals surface area contributed by atoms with E-state index < -0.39 is 5.97 Å². The number of carbonyl (C=O) groups excluding carboxylic acids is 2. The number of carboxylic acid groups (broad SMARTS) is 1. The number of carbonyl (C=O) groups is 2. The Morgan fingerprint density at radius 1 is 0.525 bits per heavy atom. The van der Waals surface area contributed by atoms with Gasteiger partial charge < -0.3 is 14.6 Å². The van der Waals surface area contributed by atoms with E-state index in [2.05, 4.69) is 26.0 Å². The third-order valence-electron chi connectivity index (χ3n) is 7.98. The van der Waals surface area contributed by atoms with Crippen LogP contribution in [0.1, 0.15) is 200 Å². The fraction of sp³-hybridized carbons (Fsp3) is 0.889. The van der Waals surface area contributed by atoms with Gasteiger partial charge in [-0.25, -0.2) is 0 Å². The van der Waals surface area contributed by atoms with Crippen LogP contribution in [0, 0.1) is 0 Å². The largest absolute Gasteiger partial charge is 0.550 e. The summed E-state index contributed by atoms with van der Waals surface area (Å²) in [5.74, 6) is -0.917. The minimum absolute atomic E-state index is 0.0119. The first kappa shape index (κ1) is 38.7. The number of ether oxygens (including phenoxy) is 1. The van der Waals surface area contributed by atoms with Crippen LogP contribution < -0.4 is 5.11 Å². The van der Waals surface area contributed by atoms with Crippen molar-refractivity contribution in [3.8, 4) is 0 Å². The maximum atomic E-state index is 12.5. The van der Waals surface area contributed by atoms with Gasteiger partial charge >= 0.3 is 5.97 Å². The van der Waals surface area contributed by atoms with E-state index in [1.54, 1.807) is 0 Å². The minimum Gasteiger partial charge on any atom is -0.550 e. The van der Waals surface area contributed by atoms with Crippen LogP contribution in [-0.2, 0) is 14.3 Å². The van der Waals surface area contributed by atoms with Gasteiger partial charge in [0, 0.05) is 12.4 Å². The number of aliphatic carboxylic acids is 1. The molecule has 4 nitrogen and oxygen atoms in total. The summed E-state index contributed by atoms with van der Waals surface area (Å²) in [7, 11) is 0. The third kappa shape index (κ3) is 31.2. The summed E-state index contributed by atoms with van der Waals surface area (Å²) >= 11 is 0. The topological polar surface area (TPSA) is 66.4 Å². The summed E-state index contributed by atoms with van der Waals surface area (Å²) in [6.45, 7) is 4.49. The predicted octanol–water partition coefficient (Wildman–Crippen LogP) is 10.6. The molecule has 0 bridgehead atoms. The highest BCUT2D eigenvalue weighted by Crippen LogP contribution is 2.18. The smallest absolute Gasteiger partial charge is 0.306 e. The maximum Gasteiger partial charge on any atom is 0.306 e. The molecule has 1 unspecified atom stereocenters. The first-order valence-electron chi connectivity index (χ1n) is 17.6. The van der Waals surface area contributed by atoms with Gasteiger partial charge in [0.2, 0.25) is 0 Å². The van der Waals surface area contributed by atoms with Crippen molar-refractivity contribution in [1.29, 1.82) is 0 Å². The van der Waals surface area contributed by atoms with E-state index in [9.17, 15) is 14.7 Å². The van der Waals surface area contributed by atoms with E-state index >= 15 is 0 Å². The fourth-order valence-electron chi connectivity index (χ4n) is 5.35. The Balaban J connectivity index is 3.76. The van der Waals surface area contributed by atoms with E-state index in [1.165, 1.54) is 116 Å². The predicted molar refractivity (Wildman–Crippen MR) is 169 cm³/mol. The lowest BCUT2D eigenvalue weighted by atomic mass is 10.0. The first-order chi connectivity index (χ1) is 19.6. The van der Waals surface area contributed by atoms with Crippen LogP contribution in [0.15, 0.2) is 12.2 Å². The molecule has 0 fully saturated rings. The molecule has 0 aliphatic carbocycles. The number of rotatable bonds is 32. The molecule has 0 aliphatic heterocycles. The summed E-state index contributed by atoms with van der Waals surface area (Å²) < 4.78 is 5.92. The van der Waals surface area contributed by atoms with Gasteiger partial charge in [-0.1, -0.05) is 135 Å². The van der Waals surface area contributed by atoms with E-state index in [0.29, 0.717) is 6.42 Å². The molecule has 40 heavy (non-hydrogen) atoms. The van der Waals surface area contributed by atoms with Crippen LogP contribution in [0.5, 0.6) is 0 Å². The number of esters is 1. The Hall–Kier alpha value is -1.32. The molecule has 1 atom stereocenters. The molecule has 0 saturated heterocycles. The van der Waals surface area contributed by atoms with Crippen molar-refractivity contribution >= 4 is 11.9 Å². The van der Waals surface area contributed by atoms with Crippen molar-refractivity contribution in [2.24, 2.45) is 0 Å². The highest BCUT2D eigenvalue weighted by molar-refractivity contribution is 5.69. The van der Waals surface area contributed by atoms with Crippen LogP contribution in [0.4, 0.5) is 0 Å². The van der Waals surface area contributed by atoms with Gasteiger partial charge in [0.1, 0.15) is 6.10 Å². The standard InChI is InChI=1S/C36H68O4/c1-3-5-7-8-9-10-11-12-13-14-15-19-22-25-29-33-36(39)40-34(30-26-6-4-2)31-27-23-20-17-16-18-21-24-28-32-35(37)38/h12-13,34H,3-11,14-33H2,1-2H3,(H,37,38)/p-1/b13-12-. The van der Waals surface area contributed by atoms with Crippen LogP contribution in [0.25, 0.3) is 0 Å². The molecule has 0 amide bonds. The monoisotopic (exact) mass is 564 g/mol. The molecular weight excluding hydrogens is 496 g/mol. The first-order valence-corrected chi connectivity index (χ1v) is 17.6. The van der Waals surface area contributed by atoms with Gasteiger partial charge in [0.25, 0.3) is 0 Å². The van der Waals surface area contributed by atoms with E-state index in [4.69, 9.17) is 4.74 Å². The molecule has 0 heterocycles. The van der Waals surface area contributed by atoms with Crippen molar-refractivity contribution in [2.45, 2.75) is 206 Å². The molecular formula is C36H67O4-. The van der Waals surface area contributed by atoms with E-state index in [0.717, 1.165) is 57.8 Å². The van der Waals surface area contributed by atoms with E-state index in [-0.39, 0.29) is 18.5 Å². The average molecular weight is 564 g/mol. The Morgan fingerprint density at radius 3 is 1.40 bits per heavy atom. The second-order valence-electron chi connectivity index (χ2n) is 12.0. The van der Waals surface area contributed by atoms with Gasteiger partial charge in [-0.15, -0.1) is 0 Å². The zero-order chi connectivity index (χ0) is 29.4. The molecule has 0 saturated carbocycles. The molecule has 0 aromatic heterocycles. The quantitative estimate of drug-likeness (QED) is 0.0464. The number of allylic oxidation sites excluding steroid dienone is 2. The van der Waals surface area contributed by atoms with Crippen LogP contribution in [0.2, 0.25) is 0 Å². The normalized spacial score (nSPS) is 12.2. The maximum absolute atomic E-state index is 12.5. The summed E-state index contributed by atoms with van der Waals surface area (Å²) in [4.78, 5) is 22.9. The molecule has 0 rings (SSSR count). The van der Waals surface area contributed by atoms with Crippen molar-refractivity contribution in [3.63, 3.8) is 0 Å². The molecule has 0 radical (unpaired) electrons. The summed E-state index contributed by atoms with van der Waals surface area (Å²) in [5, 5.41) is 10.4. The summed E-state index contributed by atoms with van der Waals surface area (Å²) in [5.41, 5.74) is 0. The lowest BCUT2D eigenvalue weighted by molar-refractivity contribution is -0.305. The van der Waals surface area contributed by atoms with Crippen molar-refractivity contribution in [1.82, 2.24) is 0 Å². The van der Waals surface area contributed by atoms with E-state index in [1.807, 2.05) is 0 Å². The Labute approximate surface area is 249 Å². The second kappa shape index (κ2) is 32.2. The molecule has 0 N–H and O–H groups in total. The summed E-state index contributed by atoms with van der Waals surface area (Å²) in [6, 6.07) is 0. The highest BCUT2D eigenvalue weighted by Gasteiger charge is 2.14. The lowest BCUT2D eigenvalue weighted by Crippen LogP contribution is -2.21. The van der Waals surface area contributed by atoms with Crippen LogP contribution >= 0.6 is 0 Å². The van der Waals surface area contributed by atoms with Gasteiger partial charge in [0.05, 0.1) is 0 Å². The molecule has 0 aromatic carbocycles. The number of unbranched alkanes of at least 4 members (excludes halogenated alkanes) is 21. The van der Waals surface area contributed by atoms with Gasteiger partial charge in [0.15, 0.2) is 0 Å². The number of hydrogen-bond acceptors (Lipinski definition) is 4. The molecule has 0 aliphatic rings.